The van der Waals surface area contributed by atoms with E-state index in [1.165, 1.54) is 19.3 Å². The van der Waals surface area contributed by atoms with Crippen molar-refractivity contribution in [3.8, 4) is 0 Å². The molecule has 0 unspecified atom stereocenters. The standard InChI is InChI=1S/C17H30N2O/c1-5-7-8-10-19(14(3)4)17-12-15(13-20)11-16(18-17)9-6-2/h11-12,14,20H,5-10,13H2,1-4H3. The molecule has 0 aliphatic heterocycles. The van der Waals surface area contributed by atoms with Crippen LogP contribution < -0.4 is 4.90 Å². The van der Waals surface area contributed by atoms with Gasteiger partial charge in [0.1, 0.15) is 5.82 Å². The molecule has 0 spiro atoms. The second kappa shape index (κ2) is 8.96. The van der Waals surface area contributed by atoms with Gasteiger partial charge in [0.2, 0.25) is 0 Å². The molecular formula is C17H30N2O. The topological polar surface area (TPSA) is 36.4 Å². The summed E-state index contributed by atoms with van der Waals surface area (Å²) in [6.45, 7) is 9.93. The van der Waals surface area contributed by atoms with Gasteiger partial charge in [0.05, 0.1) is 6.61 Å². The molecule has 1 aromatic rings. The Balaban J connectivity index is 2.95. The van der Waals surface area contributed by atoms with Crippen LogP contribution in [0, 0.1) is 0 Å². The fourth-order valence-corrected chi connectivity index (χ4v) is 2.43. The summed E-state index contributed by atoms with van der Waals surface area (Å²) in [4.78, 5) is 7.14. The summed E-state index contributed by atoms with van der Waals surface area (Å²) in [6.07, 6.45) is 5.74. The lowest BCUT2D eigenvalue weighted by Crippen LogP contribution is -2.32. The molecule has 0 saturated carbocycles. The quantitative estimate of drug-likeness (QED) is 0.695. The van der Waals surface area contributed by atoms with Crippen molar-refractivity contribution in [3.63, 3.8) is 0 Å². The van der Waals surface area contributed by atoms with E-state index in [0.29, 0.717) is 6.04 Å². The molecule has 0 radical (unpaired) electrons. The highest BCUT2D eigenvalue weighted by atomic mass is 16.3. The lowest BCUT2D eigenvalue weighted by molar-refractivity contribution is 0.281. The predicted octanol–water partition coefficient (Wildman–Crippen LogP) is 3.93. The molecule has 0 aromatic carbocycles. The van der Waals surface area contributed by atoms with Crippen LogP contribution in [-0.4, -0.2) is 22.7 Å². The van der Waals surface area contributed by atoms with Gasteiger partial charge in [-0.25, -0.2) is 4.98 Å². The second-order valence-electron chi connectivity index (χ2n) is 5.73. The van der Waals surface area contributed by atoms with E-state index in [9.17, 15) is 5.11 Å². The van der Waals surface area contributed by atoms with Crippen LogP contribution in [0.3, 0.4) is 0 Å². The van der Waals surface area contributed by atoms with Crippen molar-refractivity contribution in [2.45, 2.75) is 72.4 Å². The lowest BCUT2D eigenvalue weighted by Gasteiger charge is -2.28. The molecule has 1 N–H and O–H groups in total. The third kappa shape index (κ3) is 5.12. The molecule has 0 saturated heterocycles. The van der Waals surface area contributed by atoms with E-state index in [1.54, 1.807) is 0 Å². The smallest absolute Gasteiger partial charge is 0.129 e. The summed E-state index contributed by atoms with van der Waals surface area (Å²) in [5, 5.41) is 9.44. The largest absolute Gasteiger partial charge is 0.392 e. The van der Waals surface area contributed by atoms with E-state index in [1.807, 2.05) is 12.1 Å². The monoisotopic (exact) mass is 278 g/mol. The minimum absolute atomic E-state index is 0.0904. The van der Waals surface area contributed by atoms with Gasteiger partial charge in [0.15, 0.2) is 0 Å². The van der Waals surface area contributed by atoms with E-state index in [2.05, 4.69) is 32.6 Å². The first kappa shape index (κ1) is 17.0. The van der Waals surface area contributed by atoms with Crippen molar-refractivity contribution in [2.24, 2.45) is 0 Å². The van der Waals surface area contributed by atoms with Crippen LogP contribution in [-0.2, 0) is 13.0 Å². The van der Waals surface area contributed by atoms with E-state index in [4.69, 9.17) is 4.98 Å². The fraction of sp³-hybridized carbons (Fsp3) is 0.706. The van der Waals surface area contributed by atoms with Crippen LogP contribution in [0.25, 0.3) is 0 Å². The Labute approximate surface area is 124 Å². The van der Waals surface area contributed by atoms with Gasteiger partial charge in [-0.15, -0.1) is 0 Å². The zero-order valence-electron chi connectivity index (χ0n) is 13.5. The number of pyridine rings is 1. The molecule has 0 fully saturated rings. The van der Waals surface area contributed by atoms with Crippen LogP contribution in [0.4, 0.5) is 5.82 Å². The van der Waals surface area contributed by atoms with Crippen LogP contribution in [0.1, 0.15) is 64.6 Å². The Bertz CT molecular complexity index is 391. The molecular weight excluding hydrogens is 248 g/mol. The minimum atomic E-state index is 0.0904. The Kier molecular flexibility index (Phi) is 7.60. The van der Waals surface area contributed by atoms with Crippen molar-refractivity contribution in [1.29, 1.82) is 0 Å². The highest BCUT2D eigenvalue weighted by molar-refractivity contribution is 5.43. The highest BCUT2D eigenvalue weighted by Crippen LogP contribution is 2.19. The molecule has 3 nitrogen and oxygen atoms in total. The number of aromatic nitrogens is 1. The van der Waals surface area contributed by atoms with Crippen molar-refractivity contribution in [1.82, 2.24) is 4.98 Å². The van der Waals surface area contributed by atoms with Gasteiger partial charge >= 0.3 is 0 Å². The van der Waals surface area contributed by atoms with Crippen LogP contribution in [0.15, 0.2) is 12.1 Å². The zero-order chi connectivity index (χ0) is 15.0. The summed E-state index contributed by atoms with van der Waals surface area (Å²) < 4.78 is 0. The van der Waals surface area contributed by atoms with Crippen LogP contribution in [0.5, 0.6) is 0 Å². The van der Waals surface area contributed by atoms with Crippen molar-refractivity contribution in [2.75, 3.05) is 11.4 Å². The van der Waals surface area contributed by atoms with Crippen LogP contribution >= 0.6 is 0 Å². The summed E-state index contributed by atoms with van der Waals surface area (Å²) in [7, 11) is 0. The fourth-order valence-electron chi connectivity index (χ4n) is 2.43. The van der Waals surface area contributed by atoms with Gasteiger partial charge in [-0.3, -0.25) is 0 Å². The SMILES string of the molecule is CCCCCN(c1cc(CO)cc(CCC)n1)C(C)C. The molecule has 3 heteroatoms. The molecule has 114 valence electrons. The van der Waals surface area contributed by atoms with Crippen LogP contribution in [0.2, 0.25) is 0 Å². The van der Waals surface area contributed by atoms with E-state index < -0.39 is 0 Å². The number of anilines is 1. The number of aryl methyl sites for hydroxylation is 1. The van der Waals surface area contributed by atoms with E-state index in [-0.39, 0.29) is 6.61 Å². The normalized spacial score (nSPS) is 11.1. The molecule has 0 amide bonds. The van der Waals surface area contributed by atoms with E-state index >= 15 is 0 Å². The number of nitrogens with zero attached hydrogens (tertiary/aromatic N) is 2. The molecule has 0 aliphatic rings. The number of aliphatic hydroxyl groups excluding tert-OH is 1. The average molecular weight is 278 g/mol. The number of hydrogen-bond acceptors (Lipinski definition) is 3. The minimum Gasteiger partial charge on any atom is -0.392 e. The van der Waals surface area contributed by atoms with E-state index in [0.717, 1.165) is 36.5 Å². The molecule has 1 rings (SSSR count). The number of hydrogen-bond donors (Lipinski definition) is 1. The summed E-state index contributed by atoms with van der Waals surface area (Å²) in [5.41, 5.74) is 2.06. The number of unbranched alkanes of at least 4 members (excludes halogenated alkanes) is 2. The molecule has 0 atom stereocenters. The molecule has 0 aliphatic carbocycles. The average Bonchev–Trinajstić information content (AvgIpc) is 2.43. The Morgan fingerprint density at radius 3 is 2.45 bits per heavy atom. The molecule has 20 heavy (non-hydrogen) atoms. The molecule has 0 bridgehead atoms. The first-order valence-corrected chi connectivity index (χ1v) is 7.99. The maximum atomic E-state index is 9.44. The highest BCUT2D eigenvalue weighted by Gasteiger charge is 2.13. The van der Waals surface area contributed by atoms with Gasteiger partial charge in [-0.2, -0.15) is 0 Å². The predicted molar refractivity (Wildman–Crippen MR) is 86.2 cm³/mol. The summed E-state index contributed by atoms with van der Waals surface area (Å²) in [6, 6.07) is 4.49. The molecule has 1 aromatic heterocycles. The van der Waals surface area contributed by atoms with Crippen molar-refractivity contribution >= 4 is 5.82 Å². The molecule has 1 heterocycles. The van der Waals surface area contributed by atoms with Crippen molar-refractivity contribution in [3.05, 3.63) is 23.4 Å². The Morgan fingerprint density at radius 2 is 1.90 bits per heavy atom. The van der Waals surface area contributed by atoms with Gasteiger partial charge in [-0.05, 0) is 44.4 Å². The Hall–Kier alpha value is -1.09. The third-order valence-electron chi connectivity index (χ3n) is 3.53. The maximum Gasteiger partial charge on any atom is 0.129 e. The maximum absolute atomic E-state index is 9.44. The third-order valence-corrected chi connectivity index (χ3v) is 3.53. The summed E-state index contributed by atoms with van der Waals surface area (Å²) in [5.74, 6) is 1.02. The van der Waals surface area contributed by atoms with Gasteiger partial charge < -0.3 is 10.0 Å². The second-order valence-corrected chi connectivity index (χ2v) is 5.73. The number of aliphatic hydroxyl groups is 1. The summed E-state index contributed by atoms with van der Waals surface area (Å²) >= 11 is 0. The first-order chi connectivity index (χ1) is 9.62. The Morgan fingerprint density at radius 1 is 1.15 bits per heavy atom. The van der Waals surface area contributed by atoms with Gasteiger partial charge in [0.25, 0.3) is 0 Å². The first-order valence-electron chi connectivity index (χ1n) is 7.99. The van der Waals surface area contributed by atoms with Crippen molar-refractivity contribution < 1.29 is 5.11 Å². The van der Waals surface area contributed by atoms with Gasteiger partial charge in [-0.1, -0.05) is 33.1 Å². The number of rotatable bonds is 9. The zero-order valence-corrected chi connectivity index (χ0v) is 13.5. The lowest BCUT2D eigenvalue weighted by atomic mass is 10.1. The van der Waals surface area contributed by atoms with Gasteiger partial charge in [0, 0.05) is 18.3 Å².